The van der Waals surface area contributed by atoms with Gasteiger partial charge in [0.1, 0.15) is 22.2 Å². The Labute approximate surface area is 168 Å². The van der Waals surface area contributed by atoms with Crippen LogP contribution in [0.2, 0.25) is 0 Å². The van der Waals surface area contributed by atoms with Crippen molar-refractivity contribution in [1.82, 2.24) is 9.55 Å². The number of carboxylic acids is 1. The van der Waals surface area contributed by atoms with Crippen LogP contribution in [-0.4, -0.2) is 20.6 Å². The molecule has 29 heavy (non-hydrogen) atoms. The monoisotopic (exact) mass is 412 g/mol. The third-order valence-corrected chi connectivity index (χ3v) is 5.80. The highest BCUT2D eigenvalue weighted by Gasteiger charge is 2.18. The predicted molar refractivity (Wildman–Crippen MR) is 107 cm³/mol. The summed E-state index contributed by atoms with van der Waals surface area (Å²) in [4.78, 5) is 30.5. The number of hydrogen-bond acceptors (Lipinski definition) is 5. The number of rotatable bonds is 6. The zero-order chi connectivity index (χ0) is 20.5. The summed E-state index contributed by atoms with van der Waals surface area (Å²) in [5, 5.41) is 9.55. The Morgan fingerprint density at radius 3 is 2.76 bits per heavy atom. The molecule has 0 saturated carbocycles. The molecule has 0 spiro atoms. The molecule has 0 radical (unpaired) electrons. The maximum Gasteiger partial charge on any atom is 0.371 e. The lowest BCUT2D eigenvalue weighted by molar-refractivity contribution is 0.0660. The van der Waals surface area contributed by atoms with E-state index in [1.165, 1.54) is 34.1 Å². The van der Waals surface area contributed by atoms with E-state index in [1.807, 2.05) is 13.0 Å². The van der Waals surface area contributed by atoms with Crippen LogP contribution >= 0.6 is 11.3 Å². The Bertz CT molecular complexity index is 1270. The lowest BCUT2D eigenvalue weighted by atomic mass is 10.1. The first-order valence-corrected chi connectivity index (χ1v) is 9.85. The minimum absolute atomic E-state index is 0.0101. The minimum atomic E-state index is -1.19. The van der Waals surface area contributed by atoms with Crippen LogP contribution in [0.5, 0.6) is 0 Å². The molecule has 0 amide bonds. The quantitative estimate of drug-likeness (QED) is 0.516. The molecule has 3 aromatic heterocycles. The smallest absolute Gasteiger partial charge is 0.371 e. The maximum absolute atomic E-state index is 14.2. The number of aryl methyl sites for hydroxylation is 1. The van der Waals surface area contributed by atoms with E-state index < -0.39 is 5.97 Å². The Hall–Kier alpha value is -3.26. The highest BCUT2D eigenvalue weighted by Crippen LogP contribution is 2.23. The van der Waals surface area contributed by atoms with E-state index in [-0.39, 0.29) is 30.1 Å². The van der Waals surface area contributed by atoms with Crippen molar-refractivity contribution in [1.29, 1.82) is 0 Å². The standard InChI is InChI=1S/C21H17FN2O4S/c1-2-14-10-15-19(29-14)23-18(9-12-5-3-4-6-16(12)22)24(20(15)25)11-13-7-8-17(28-13)21(26)27/h3-8,10H,2,9,11H2,1H3,(H,26,27). The molecule has 1 aromatic carbocycles. The molecule has 0 aliphatic rings. The summed E-state index contributed by atoms with van der Waals surface area (Å²) in [5.41, 5.74) is 0.163. The van der Waals surface area contributed by atoms with Gasteiger partial charge in [0, 0.05) is 11.3 Å². The molecule has 8 heteroatoms. The van der Waals surface area contributed by atoms with Gasteiger partial charge in [0.25, 0.3) is 5.56 Å². The average Bonchev–Trinajstić information content (AvgIpc) is 3.33. The van der Waals surface area contributed by atoms with Gasteiger partial charge in [0.15, 0.2) is 0 Å². The van der Waals surface area contributed by atoms with Gasteiger partial charge < -0.3 is 9.52 Å². The zero-order valence-corrected chi connectivity index (χ0v) is 16.3. The molecule has 0 atom stereocenters. The van der Waals surface area contributed by atoms with Crippen LogP contribution in [0.25, 0.3) is 10.2 Å². The molecule has 1 N–H and O–H groups in total. The van der Waals surface area contributed by atoms with Gasteiger partial charge in [0.05, 0.1) is 11.9 Å². The number of nitrogens with zero attached hydrogens (tertiary/aromatic N) is 2. The fraction of sp³-hybridized carbons (Fsp3) is 0.190. The highest BCUT2D eigenvalue weighted by molar-refractivity contribution is 7.18. The minimum Gasteiger partial charge on any atom is -0.475 e. The second-order valence-electron chi connectivity index (χ2n) is 6.54. The van der Waals surface area contributed by atoms with Crippen molar-refractivity contribution in [3.63, 3.8) is 0 Å². The van der Waals surface area contributed by atoms with Crippen molar-refractivity contribution in [2.45, 2.75) is 26.3 Å². The Kier molecular flexibility index (Phi) is 5.02. The van der Waals surface area contributed by atoms with Gasteiger partial charge in [0.2, 0.25) is 5.76 Å². The summed E-state index contributed by atoms with van der Waals surface area (Å²) in [6.45, 7) is 2.01. The van der Waals surface area contributed by atoms with E-state index in [1.54, 1.807) is 18.2 Å². The molecular formula is C21H17FN2O4S. The van der Waals surface area contributed by atoms with Gasteiger partial charge in [-0.05, 0) is 36.2 Å². The van der Waals surface area contributed by atoms with Crippen LogP contribution in [0, 0.1) is 5.82 Å². The molecule has 0 aliphatic heterocycles. The number of halogens is 1. The number of aromatic nitrogens is 2. The number of thiophene rings is 1. The molecule has 0 saturated heterocycles. The molecule has 0 bridgehead atoms. The van der Waals surface area contributed by atoms with Crippen molar-refractivity contribution in [3.8, 4) is 0 Å². The Balaban J connectivity index is 1.84. The molecular weight excluding hydrogens is 395 g/mol. The second kappa shape index (κ2) is 7.63. The summed E-state index contributed by atoms with van der Waals surface area (Å²) < 4.78 is 20.9. The van der Waals surface area contributed by atoms with Crippen LogP contribution < -0.4 is 5.56 Å². The van der Waals surface area contributed by atoms with Crippen LogP contribution in [0.3, 0.4) is 0 Å². The largest absolute Gasteiger partial charge is 0.475 e. The van der Waals surface area contributed by atoms with Crippen LogP contribution in [0.15, 0.2) is 51.7 Å². The summed E-state index contributed by atoms with van der Waals surface area (Å²) in [6, 6.07) is 11.0. The van der Waals surface area contributed by atoms with E-state index in [2.05, 4.69) is 4.98 Å². The fourth-order valence-electron chi connectivity index (χ4n) is 3.13. The lowest BCUT2D eigenvalue weighted by Crippen LogP contribution is -2.25. The van der Waals surface area contributed by atoms with Gasteiger partial charge in [-0.2, -0.15) is 0 Å². The van der Waals surface area contributed by atoms with E-state index in [0.717, 1.165) is 11.3 Å². The topological polar surface area (TPSA) is 85.3 Å². The maximum atomic E-state index is 14.2. The lowest BCUT2D eigenvalue weighted by Gasteiger charge is -2.12. The Morgan fingerprint density at radius 2 is 2.07 bits per heavy atom. The van der Waals surface area contributed by atoms with Gasteiger partial charge >= 0.3 is 5.97 Å². The van der Waals surface area contributed by atoms with Gasteiger partial charge in [-0.3, -0.25) is 9.36 Å². The number of furan rings is 1. The molecule has 148 valence electrons. The number of fused-ring (bicyclic) bond motifs is 1. The molecule has 6 nitrogen and oxygen atoms in total. The normalized spacial score (nSPS) is 11.2. The first-order chi connectivity index (χ1) is 14.0. The molecule has 0 aliphatic carbocycles. The van der Waals surface area contributed by atoms with E-state index in [0.29, 0.717) is 27.4 Å². The zero-order valence-electron chi connectivity index (χ0n) is 15.5. The third kappa shape index (κ3) is 3.71. The summed E-state index contributed by atoms with van der Waals surface area (Å²) >= 11 is 1.44. The van der Waals surface area contributed by atoms with Crippen LogP contribution in [-0.2, 0) is 19.4 Å². The summed E-state index contributed by atoms with van der Waals surface area (Å²) in [7, 11) is 0. The fourth-order valence-corrected chi connectivity index (χ4v) is 4.10. The SMILES string of the molecule is CCc1cc2c(=O)n(Cc3ccc(C(=O)O)o3)c(Cc3ccccc3F)nc2s1. The van der Waals surface area contributed by atoms with Gasteiger partial charge in [-0.1, -0.05) is 25.1 Å². The Morgan fingerprint density at radius 1 is 1.28 bits per heavy atom. The molecule has 0 unspecified atom stereocenters. The number of benzene rings is 1. The summed E-state index contributed by atoms with van der Waals surface area (Å²) in [5.74, 6) is -1.06. The van der Waals surface area contributed by atoms with Crippen molar-refractivity contribution in [2.24, 2.45) is 0 Å². The predicted octanol–water partition coefficient (Wildman–Crippen LogP) is 4.09. The molecule has 4 aromatic rings. The van der Waals surface area contributed by atoms with Crippen molar-refractivity contribution < 1.29 is 18.7 Å². The average molecular weight is 412 g/mol. The van der Waals surface area contributed by atoms with Gasteiger partial charge in [-0.15, -0.1) is 11.3 Å². The number of hydrogen-bond donors (Lipinski definition) is 1. The van der Waals surface area contributed by atoms with E-state index in [9.17, 15) is 14.0 Å². The van der Waals surface area contributed by atoms with Gasteiger partial charge in [-0.25, -0.2) is 14.2 Å². The molecule has 4 rings (SSSR count). The third-order valence-electron chi connectivity index (χ3n) is 4.62. The summed E-state index contributed by atoms with van der Waals surface area (Å²) in [6.07, 6.45) is 0.910. The highest BCUT2D eigenvalue weighted by atomic mass is 32.1. The van der Waals surface area contributed by atoms with E-state index in [4.69, 9.17) is 9.52 Å². The van der Waals surface area contributed by atoms with Crippen molar-refractivity contribution in [2.75, 3.05) is 0 Å². The number of aromatic carboxylic acids is 1. The van der Waals surface area contributed by atoms with Crippen molar-refractivity contribution in [3.05, 3.63) is 86.4 Å². The second-order valence-corrected chi connectivity index (χ2v) is 7.66. The molecule has 0 fully saturated rings. The first-order valence-electron chi connectivity index (χ1n) is 9.03. The number of carbonyl (C=O) groups is 1. The van der Waals surface area contributed by atoms with Crippen LogP contribution in [0.4, 0.5) is 4.39 Å². The molecule has 3 heterocycles. The first kappa shape index (κ1) is 19.1. The van der Waals surface area contributed by atoms with Crippen LogP contribution in [0.1, 0.15) is 39.5 Å². The number of carboxylic acid groups (broad SMARTS) is 1. The van der Waals surface area contributed by atoms with Crippen molar-refractivity contribution >= 4 is 27.5 Å². The van der Waals surface area contributed by atoms with E-state index >= 15 is 0 Å².